The van der Waals surface area contributed by atoms with Gasteiger partial charge in [0.05, 0.1) is 0 Å². The quantitative estimate of drug-likeness (QED) is 0.579. The Morgan fingerprint density at radius 2 is 2.33 bits per heavy atom. The first-order valence-electron chi connectivity index (χ1n) is 2.88. The van der Waals surface area contributed by atoms with Crippen LogP contribution in [0.3, 0.4) is 0 Å². The smallest absolute Gasteiger partial charge is 0.229 e. The van der Waals surface area contributed by atoms with Crippen molar-refractivity contribution in [2.24, 2.45) is 0 Å². The number of rotatable bonds is 1. The van der Waals surface area contributed by atoms with Crippen molar-refractivity contribution in [3.8, 4) is 17.6 Å². The Morgan fingerprint density at radius 1 is 1.42 bits per heavy atom. The molecule has 0 radical (unpaired) electrons. The van der Waals surface area contributed by atoms with Crippen molar-refractivity contribution in [1.82, 2.24) is 30.9 Å². The summed E-state index contributed by atoms with van der Waals surface area (Å²) >= 11 is 0. The van der Waals surface area contributed by atoms with Crippen molar-refractivity contribution in [2.45, 2.75) is 0 Å². The topological polar surface area (TPSA) is 117 Å². The SMILES string of the molecule is N#Cc1nonc1-c1nn[nH]n1. The van der Waals surface area contributed by atoms with Gasteiger partial charge in [-0.1, -0.05) is 0 Å². The molecule has 1 N–H and O–H groups in total. The van der Waals surface area contributed by atoms with Gasteiger partial charge in [-0.2, -0.15) is 10.5 Å². The van der Waals surface area contributed by atoms with Gasteiger partial charge in [0.1, 0.15) is 6.07 Å². The molecule has 0 saturated carbocycles. The molecule has 2 aromatic heterocycles. The van der Waals surface area contributed by atoms with E-state index in [1.54, 1.807) is 6.07 Å². The molecule has 0 spiro atoms. The number of hydrogen-bond acceptors (Lipinski definition) is 7. The van der Waals surface area contributed by atoms with Crippen LogP contribution in [-0.4, -0.2) is 30.9 Å². The maximum Gasteiger partial charge on any atom is 0.229 e. The van der Waals surface area contributed by atoms with Crippen LogP contribution in [0.4, 0.5) is 0 Å². The van der Waals surface area contributed by atoms with E-state index in [0.717, 1.165) is 0 Å². The number of nitriles is 1. The first-order valence-corrected chi connectivity index (χ1v) is 2.88. The Balaban J connectivity index is 2.55. The van der Waals surface area contributed by atoms with Crippen LogP contribution >= 0.6 is 0 Å². The lowest BCUT2D eigenvalue weighted by molar-refractivity contribution is 0.307. The average molecular weight is 163 g/mol. The van der Waals surface area contributed by atoms with Crippen LogP contribution in [0.2, 0.25) is 0 Å². The van der Waals surface area contributed by atoms with Gasteiger partial charge in [-0.05, 0) is 15.5 Å². The molecule has 0 aromatic carbocycles. The van der Waals surface area contributed by atoms with Crippen molar-refractivity contribution in [1.29, 1.82) is 5.26 Å². The van der Waals surface area contributed by atoms with Crippen LogP contribution in [0, 0.1) is 11.3 Å². The van der Waals surface area contributed by atoms with Crippen molar-refractivity contribution >= 4 is 0 Å². The number of nitrogens with zero attached hydrogens (tertiary/aromatic N) is 6. The fourth-order valence-electron chi connectivity index (χ4n) is 0.671. The van der Waals surface area contributed by atoms with Gasteiger partial charge in [-0.25, -0.2) is 4.63 Å². The number of tetrazole rings is 1. The van der Waals surface area contributed by atoms with Gasteiger partial charge in [0.15, 0.2) is 5.69 Å². The Kier molecular flexibility index (Phi) is 1.28. The lowest BCUT2D eigenvalue weighted by atomic mass is 10.3. The molecule has 0 aliphatic rings. The highest BCUT2D eigenvalue weighted by Crippen LogP contribution is 2.12. The van der Waals surface area contributed by atoms with Gasteiger partial charge in [-0.3, -0.25) is 0 Å². The van der Waals surface area contributed by atoms with Gasteiger partial charge in [0.25, 0.3) is 0 Å². The summed E-state index contributed by atoms with van der Waals surface area (Å²) in [5.41, 5.74) is 0.225. The maximum absolute atomic E-state index is 8.51. The van der Waals surface area contributed by atoms with E-state index >= 15 is 0 Å². The van der Waals surface area contributed by atoms with Crippen LogP contribution in [0.1, 0.15) is 5.69 Å². The molecule has 8 nitrogen and oxygen atoms in total. The normalized spacial score (nSPS) is 9.58. The van der Waals surface area contributed by atoms with Crippen molar-refractivity contribution in [3.05, 3.63) is 5.69 Å². The molecule has 0 saturated heterocycles. The number of aromatic amines is 1. The molecule has 0 atom stereocenters. The molecular weight excluding hydrogens is 162 g/mol. The summed E-state index contributed by atoms with van der Waals surface area (Å²) in [6.07, 6.45) is 0. The summed E-state index contributed by atoms with van der Waals surface area (Å²) in [6, 6.07) is 1.77. The van der Waals surface area contributed by atoms with Gasteiger partial charge in [-0.15, -0.1) is 10.2 Å². The molecule has 0 amide bonds. The first kappa shape index (κ1) is 6.41. The van der Waals surface area contributed by atoms with Gasteiger partial charge < -0.3 is 0 Å². The minimum Gasteiger partial charge on any atom is -0.242 e. The summed E-state index contributed by atoms with van der Waals surface area (Å²) in [5.74, 6) is 0.188. The fraction of sp³-hybridized carbons (Fsp3) is 0. The summed E-state index contributed by atoms with van der Waals surface area (Å²) < 4.78 is 4.32. The molecule has 0 fully saturated rings. The van der Waals surface area contributed by atoms with Crippen LogP contribution in [0.15, 0.2) is 4.63 Å². The zero-order chi connectivity index (χ0) is 8.39. The predicted molar refractivity (Wildman–Crippen MR) is 32.2 cm³/mol. The van der Waals surface area contributed by atoms with E-state index in [1.165, 1.54) is 0 Å². The van der Waals surface area contributed by atoms with Crippen LogP contribution in [0.25, 0.3) is 11.5 Å². The van der Waals surface area contributed by atoms with E-state index in [9.17, 15) is 0 Å². The third kappa shape index (κ3) is 0.807. The van der Waals surface area contributed by atoms with Gasteiger partial charge in [0, 0.05) is 0 Å². The summed E-state index contributed by atoms with van der Waals surface area (Å²) in [4.78, 5) is 0. The van der Waals surface area contributed by atoms with E-state index in [0.29, 0.717) is 0 Å². The molecule has 58 valence electrons. The standard InChI is InChI=1S/C4HN7O/c5-1-2-3(9-12-8-2)4-6-10-11-7-4/h(H,6,7,10,11). The fourth-order valence-corrected chi connectivity index (χ4v) is 0.671. The third-order valence-electron chi connectivity index (χ3n) is 1.15. The molecule has 8 heteroatoms. The Labute approximate surface area is 65.2 Å². The Hall–Kier alpha value is -2.30. The van der Waals surface area contributed by atoms with E-state index in [4.69, 9.17) is 5.26 Å². The maximum atomic E-state index is 8.51. The molecular formula is C4HN7O. The van der Waals surface area contributed by atoms with Crippen molar-refractivity contribution in [3.63, 3.8) is 0 Å². The predicted octanol–water partition coefficient (Wildman–Crippen LogP) is -0.879. The van der Waals surface area contributed by atoms with Gasteiger partial charge in [0.2, 0.25) is 11.5 Å². The highest BCUT2D eigenvalue weighted by molar-refractivity contribution is 5.54. The van der Waals surface area contributed by atoms with E-state index < -0.39 is 0 Å². The molecule has 0 aliphatic heterocycles. The number of aromatic nitrogens is 6. The highest BCUT2D eigenvalue weighted by atomic mass is 16.6. The minimum atomic E-state index is 0.0383. The molecule has 2 aromatic rings. The Bertz CT molecular complexity index is 409. The second-order valence-electron chi connectivity index (χ2n) is 1.81. The molecule has 2 rings (SSSR count). The molecule has 0 bridgehead atoms. The second kappa shape index (κ2) is 2.39. The van der Waals surface area contributed by atoms with Gasteiger partial charge >= 0.3 is 0 Å². The van der Waals surface area contributed by atoms with E-state index in [2.05, 4.69) is 35.6 Å². The molecule has 0 unspecified atom stereocenters. The Morgan fingerprint density at radius 3 is 3.00 bits per heavy atom. The molecule has 12 heavy (non-hydrogen) atoms. The molecule has 0 aliphatic carbocycles. The first-order chi connectivity index (χ1) is 5.92. The number of nitrogens with one attached hydrogen (secondary N) is 1. The molecule has 2 heterocycles. The summed E-state index contributed by atoms with van der Waals surface area (Å²) in [6.45, 7) is 0. The number of hydrogen-bond donors (Lipinski definition) is 1. The monoisotopic (exact) mass is 163 g/mol. The average Bonchev–Trinajstić information content (AvgIpc) is 2.74. The highest BCUT2D eigenvalue weighted by Gasteiger charge is 2.15. The van der Waals surface area contributed by atoms with E-state index in [1.807, 2.05) is 0 Å². The van der Waals surface area contributed by atoms with Crippen LogP contribution in [0.5, 0.6) is 0 Å². The lowest BCUT2D eigenvalue weighted by Gasteiger charge is -1.79. The lowest BCUT2D eigenvalue weighted by Crippen LogP contribution is -1.84. The third-order valence-corrected chi connectivity index (χ3v) is 1.15. The van der Waals surface area contributed by atoms with Crippen molar-refractivity contribution < 1.29 is 4.63 Å². The number of H-pyrrole nitrogens is 1. The van der Waals surface area contributed by atoms with Crippen LogP contribution < -0.4 is 0 Å². The summed E-state index contributed by atoms with van der Waals surface area (Å²) in [5, 5.41) is 28.0. The van der Waals surface area contributed by atoms with E-state index in [-0.39, 0.29) is 17.2 Å². The van der Waals surface area contributed by atoms with Crippen LogP contribution in [-0.2, 0) is 0 Å². The second-order valence-corrected chi connectivity index (χ2v) is 1.81. The zero-order valence-electron chi connectivity index (χ0n) is 5.59. The minimum absolute atomic E-state index is 0.0383. The summed E-state index contributed by atoms with van der Waals surface area (Å²) in [7, 11) is 0. The zero-order valence-corrected chi connectivity index (χ0v) is 5.59. The largest absolute Gasteiger partial charge is 0.242 e. The van der Waals surface area contributed by atoms with Crippen molar-refractivity contribution in [2.75, 3.05) is 0 Å².